The predicted molar refractivity (Wildman–Crippen MR) is 88.4 cm³/mol. The molecule has 0 aliphatic heterocycles. The minimum atomic E-state index is 0.735. The summed E-state index contributed by atoms with van der Waals surface area (Å²) in [6.07, 6.45) is 0.891. The summed E-state index contributed by atoms with van der Waals surface area (Å²) in [5, 5.41) is 0. The van der Waals surface area contributed by atoms with Crippen molar-refractivity contribution in [1.82, 2.24) is 0 Å². The van der Waals surface area contributed by atoms with Gasteiger partial charge in [-0.2, -0.15) is 0 Å². The molecular formula is C20H18O. The molecule has 0 bridgehead atoms. The zero-order chi connectivity index (χ0) is 14.9. The molecule has 3 rings (SSSR count). The third-order valence-electron chi connectivity index (χ3n) is 3.11. The molecule has 1 heteroatoms. The Bertz CT molecular complexity index is 672. The Balaban J connectivity index is 0.000000194. The lowest BCUT2D eigenvalue weighted by atomic mass is 10.0. The van der Waals surface area contributed by atoms with Crippen molar-refractivity contribution in [3.05, 3.63) is 96.1 Å². The van der Waals surface area contributed by atoms with Gasteiger partial charge in [0, 0.05) is 5.56 Å². The van der Waals surface area contributed by atoms with Crippen LogP contribution in [0.5, 0.6) is 0 Å². The van der Waals surface area contributed by atoms with E-state index in [-0.39, 0.29) is 0 Å². The van der Waals surface area contributed by atoms with E-state index in [1.807, 2.05) is 72.8 Å². The molecule has 0 aromatic heterocycles. The van der Waals surface area contributed by atoms with Crippen molar-refractivity contribution in [2.45, 2.75) is 6.92 Å². The maximum Gasteiger partial charge on any atom is 0.150 e. The van der Waals surface area contributed by atoms with Crippen molar-refractivity contribution >= 4 is 6.29 Å². The van der Waals surface area contributed by atoms with Crippen molar-refractivity contribution in [2.75, 3.05) is 0 Å². The molecule has 3 aromatic carbocycles. The van der Waals surface area contributed by atoms with E-state index in [9.17, 15) is 4.79 Å². The quantitative estimate of drug-likeness (QED) is 0.590. The molecule has 0 aliphatic rings. The van der Waals surface area contributed by atoms with Gasteiger partial charge in [-0.1, -0.05) is 90.5 Å². The standard InChI is InChI=1S/C13H10O.C7H8/c14-10-12-8-4-5-9-13(12)11-6-2-1-3-7-11;1-7-5-3-2-4-6-7/h1-10H;2-6H,1H3. The van der Waals surface area contributed by atoms with Gasteiger partial charge in [0.2, 0.25) is 0 Å². The monoisotopic (exact) mass is 274 g/mol. The predicted octanol–water partition coefficient (Wildman–Crippen LogP) is 5.16. The van der Waals surface area contributed by atoms with Crippen LogP contribution in [0.3, 0.4) is 0 Å². The number of hydrogen-bond acceptors (Lipinski definition) is 1. The molecule has 0 atom stereocenters. The number of benzene rings is 3. The first-order valence-corrected chi connectivity index (χ1v) is 6.92. The molecule has 0 N–H and O–H groups in total. The number of carbonyl (C=O) groups excluding carboxylic acids is 1. The Labute approximate surface area is 125 Å². The first-order chi connectivity index (χ1) is 10.3. The second-order valence-electron chi connectivity index (χ2n) is 4.73. The van der Waals surface area contributed by atoms with E-state index in [0.717, 1.165) is 23.0 Å². The molecule has 0 saturated carbocycles. The highest BCUT2D eigenvalue weighted by Gasteiger charge is 2.01. The van der Waals surface area contributed by atoms with Crippen molar-refractivity contribution < 1.29 is 4.79 Å². The number of aldehydes is 1. The number of carbonyl (C=O) groups is 1. The normalized spacial score (nSPS) is 9.38. The SMILES string of the molecule is Cc1ccccc1.O=Cc1ccccc1-c1ccccc1. The van der Waals surface area contributed by atoms with E-state index in [1.54, 1.807) is 0 Å². The number of aryl methyl sites for hydroxylation is 1. The first-order valence-electron chi connectivity index (χ1n) is 6.92. The second-order valence-corrected chi connectivity index (χ2v) is 4.73. The van der Waals surface area contributed by atoms with Gasteiger partial charge in [-0.25, -0.2) is 0 Å². The Morgan fingerprint density at radius 2 is 1.19 bits per heavy atom. The molecule has 3 aromatic rings. The van der Waals surface area contributed by atoms with Crippen molar-refractivity contribution in [3.63, 3.8) is 0 Å². The molecule has 0 heterocycles. The number of rotatable bonds is 2. The van der Waals surface area contributed by atoms with E-state index < -0.39 is 0 Å². The average Bonchev–Trinajstić information content (AvgIpc) is 2.57. The van der Waals surface area contributed by atoms with Crippen molar-refractivity contribution in [2.24, 2.45) is 0 Å². The molecular weight excluding hydrogens is 256 g/mol. The maximum atomic E-state index is 10.8. The summed E-state index contributed by atoms with van der Waals surface area (Å²) in [5.74, 6) is 0. The zero-order valence-corrected chi connectivity index (χ0v) is 12.1. The molecule has 0 saturated heterocycles. The second kappa shape index (κ2) is 7.81. The van der Waals surface area contributed by atoms with E-state index in [4.69, 9.17) is 0 Å². The lowest BCUT2D eigenvalue weighted by Crippen LogP contribution is -1.85. The van der Waals surface area contributed by atoms with Crippen molar-refractivity contribution in [3.8, 4) is 11.1 Å². The van der Waals surface area contributed by atoms with E-state index >= 15 is 0 Å². The summed E-state index contributed by atoms with van der Waals surface area (Å²) in [6.45, 7) is 2.08. The molecule has 0 aliphatic carbocycles. The third kappa shape index (κ3) is 4.43. The van der Waals surface area contributed by atoms with Crippen LogP contribution in [-0.4, -0.2) is 6.29 Å². The van der Waals surface area contributed by atoms with Gasteiger partial charge in [0.15, 0.2) is 6.29 Å². The largest absolute Gasteiger partial charge is 0.298 e. The molecule has 21 heavy (non-hydrogen) atoms. The summed E-state index contributed by atoms with van der Waals surface area (Å²) in [7, 11) is 0. The van der Waals surface area contributed by atoms with Gasteiger partial charge in [-0.15, -0.1) is 0 Å². The fourth-order valence-electron chi connectivity index (χ4n) is 2.01. The van der Waals surface area contributed by atoms with E-state index in [2.05, 4.69) is 19.1 Å². The van der Waals surface area contributed by atoms with Gasteiger partial charge in [-0.05, 0) is 18.1 Å². The topological polar surface area (TPSA) is 17.1 Å². The highest BCUT2D eigenvalue weighted by Crippen LogP contribution is 2.21. The van der Waals surface area contributed by atoms with Crippen LogP contribution in [0.4, 0.5) is 0 Å². The van der Waals surface area contributed by atoms with Gasteiger partial charge >= 0.3 is 0 Å². The fraction of sp³-hybridized carbons (Fsp3) is 0.0500. The van der Waals surface area contributed by atoms with Gasteiger partial charge in [-0.3, -0.25) is 4.79 Å². The van der Waals surface area contributed by atoms with Crippen LogP contribution < -0.4 is 0 Å². The molecule has 0 radical (unpaired) electrons. The zero-order valence-electron chi connectivity index (χ0n) is 12.1. The summed E-state index contributed by atoms with van der Waals surface area (Å²) in [6, 6.07) is 27.8. The highest BCUT2D eigenvalue weighted by molar-refractivity contribution is 5.87. The average molecular weight is 274 g/mol. The number of hydrogen-bond donors (Lipinski definition) is 0. The minimum absolute atomic E-state index is 0.735. The van der Waals surface area contributed by atoms with Crippen LogP contribution in [0.15, 0.2) is 84.9 Å². The molecule has 0 fully saturated rings. The maximum absolute atomic E-state index is 10.8. The molecule has 104 valence electrons. The fourth-order valence-corrected chi connectivity index (χ4v) is 2.01. The van der Waals surface area contributed by atoms with Crippen LogP contribution in [0, 0.1) is 6.92 Å². The Morgan fingerprint density at radius 1 is 0.667 bits per heavy atom. The lowest BCUT2D eigenvalue weighted by Gasteiger charge is -2.03. The Kier molecular flexibility index (Phi) is 5.48. The molecule has 0 amide bonds. The van der Waals surface area contributed by atoms with Crippen LogP contribution >= 0.6 is 0 Å². The van der Waals surface area contributed by atoms with Gasteiger partial charge in [0.1, 0.15) is 0 Å². The molecule has 0 unspecified atom stereocenters. The molecule has 0 spiro atoms. The van der Waals surface area contributed by atoms with Crippen LogP contribution in [-0.2, 0) is 0 Å². The third-order valence-corrected chi connectivity index (χ3v) is 3.11. The highest BCUT2D eigenvalue weighted by atomic mass is 16.1. The minimum Gasteiger partial charge on any atom is -0.298 e. The summed E-state index contributed by atoms with van der Waals surface area (Å²) < 4.78 is 0. The summed E-state index contributed by atoms with van der Waals surface area (Å²) in [5.41, 5.74) is 4.12. The van der Waals surface area contributed by atoms with E-state index in [1.165, 1.54) is 5.56 Å². The van der Waals surface area contributed by atoms with Crippen LogP contribution in [0.25, 0.3) is 11.1 Å². The summed E-state index contributed by atoms with van der Waals surface area (Å²) in [4.78, 5) is 10.8. The van der Waals surface area contributed by atoms with Crippen LogP contribution in [0.2, 0.25) is 0 Å². The lowest BCUT2D eigenvalue weighted by molar-refractivity contribution is 0.112. The summed E-state index contributed by atoms with van der Waals surface area (Å²) >= 11 is 0. The van der Waals surface area contributed by atoms with Gasteiger partial charge in [0.25, 0.3) is 0 Å². The Hall–Kier alpha value is -2.67. The Morgan fingerprint density at radius 3 is 1.71 bits per heavy atom. The van der Waals surface area contributed by atoms with Gasteiger partial charge < -0.3 is 0 Å². The first kappa shape index (κ1) is 14.7. The van der Waals surface area contributed by atoms with Crippen molar-refractivity contribution in [1.29, 1.82) is 0 Å². The van der Waals surface area contributed by atoms with Gasteiger partial charge in [0.05, 0.1) is 0 Å². The van der Waals surface area contributed by atoms with E-state index in [0.29, 0.717) is 0 Å². The van der Waals surface area contributed by atoms with Crippen LogP contribution in [0.1, 0.15) is 15.9 Å². The smallest absolute Gasteiger partial charge is 0.150 e. The molecule has 1 nitrogen and oxygen atoms in total.